The largest absolute Gasteiger partial charge is 0.508 e. The molecule has 2 aliphatic heterocycles. The molecule has 0 radical (unpaired) electrons. The topological polar surface area (TPSA) is 157 Å². The maximum Gasteiger partial charge on any atom is 0.348 e. The van der Waals surface area contributed by atoms with E-state index in [-0.39, 0.29) is 31.3 Å². The number of amides is 6. The van der Waals surface area contributed by atoms with E-state index in [9.17, 15) is 24.3 Å². The van der Waals surface area contributed by atoms with Crippen molar-refractivity contribution in [3.8, 4) is 5.75 Å². The van der Waals surface area contributed by atoms with Crippen LogP contribution in [0.2, 0.25) is 0 Å². The molecule has 0 bridgehead atoms. The lowest BCUT2D eigenvalue weighted by atomic mass is 10.0. The second-order valence-corrected chi connectivity index (χ2v) is 7.10. The highest BCUT2D eigenvalue weighted by Crippen LogP contribution is 2.19. The number of β-lactam (4-membered cyclic amide) rings is 1. The number of carbonyl (C=O) groups excluding carboxylic acids is 4. The van der Waals surface area contributed by atoms with Crippen molar-refractivity contribution in [3.63, 3.8) is 0 Å². The highest BCUT2D eigenvalue weighted by Gasteiger charge is 2.37. The maximum atomic E-state index is 12.8. The number of nitrogens with one attached hydrogen (secondary N) is 3. The molecular weight excluding hydrogens is 420 g/mol. The van der Waals surface area contributed by atoms with Crippen molar-refractivity contribution in [3.05, 3.63) is 54.0 Å². The summed E-state index contributed by atoms with van der Waals surface area (Å²) in [6, 6.07) is 5.66. The third-order valence-corrected chi connectivity index (χ3v) is 4.97. The minimum absolute atomic E-state index is 0.0163. The fourth-order valence-electron chi connectivity index (χ4n) is 3.14. The van der Waals surface area contributed by atoms with Gasteiger partial charge >= 0.3 is 12.1 Å². The molecule has 1 aromatic carbocycles. The summed E-state index contributed by atoms with van der Waals surface area (Å²) in [5, 5.41) is 22.2. The number of hydrogen-bond donors (Lipinski definition) is 4. The van der Waals surface area contributed by atoms with Crippen LogP contribution in [0.25, 0.3) is 0 Å². The first-order chi connectivity index (χ1) is 15.4. The van der Waals surface area contributed by atoms with Crippen LogP contribution >= 0.6 is 0 Å². The van der Waals surface area contributed by atoms with Crippen molar-refractivity contribution in [1.82, 2.24) is 25.9 Å². The van der Waals surface area contributed by atoms with Gasteiger partial charge < -0.3 is 25.5 Å². The molecule has 0 saturated carbocycles. The van der Waals surface area contributed by atoms with E-state index in [0.29, 0.717) is 11.3 Å². The molecule has 1 aromatic heterocycles. The molecule has 3 heterocycles. The molecule has 12 nitrogen and oxygen atoms in total. The van der Waals surface area contributed by atoms with Gasteiger partial charge in [0.25, 0.3) is 0 Å². The summed E-state index contributed by atoms with van der Waals surface area (Å²) >= 11 is 0. The summed E-state index contributed by atoms with van der Waals surface area (Å²) < 4.78 is 5.12. The van der Waals surface area contributed by atoms with Gasteiger partial charge in [0.2, 0.25) is 11.8 Å². The number of aromatic hydroxyl groups is 1. The SMILES string of the molecule is O=C1NCC1NC(=O)C(NC(=O)N1CCN(N=Cc2ccco2)C1=O)c1ccc(O)cc1. The number of furan rings is 1. The fourth-order valence-corrected chi connectivity index (χ4v) is 3.14. The first-order valence-corrected chi connectivity index (χ1v) is 9.76. The van der Waals surface area contributed by atoms with Gasteiger partial charge in [0, 0.05) is 6.54 Å². The van der Waals surface area contributed by atoms with E-state index in [2.05, 4.69) is 21.1 Å². The van der Waals surface area contributed by atoms with Crippen LogP contribution in [0, 0.1) is 0 Å². The third kappa shape index (κ3) is 4.38. The summed E-state index contributed by atoms with van der Waals surface area (Å²) in [5.41, 5.74) is 0.368. The van der Waals surface area contributed by atoms with Crippen molar-refractivity contribution < 1.29 is 28.7 Å². The molecule has 6 amide bonds. The Hall–Kier alpha value is -4.35. The fraction of sp³-hybridized carbons (Fsp3) is 0.250. The summed E-state index contributed by atoms with van der Waals surface area (Å²) in [4.78, 5) is 50.6. The summed E-state index contributed by atoms with van der Waals surface area (Å²) in [6.07, 6.45) is 2.82. The van der Waals surface area contributed by atoms with E-state index in [0.717, 1.165) is 9.91 Å². The Balaban J connectivity index is 1.45. The van der Waals surface area contributed by atoms with Crippen LogP contribution < -0.4 is 16.0 Å². The van der Waals surface area contributed by atoms with Crippen LogP contribution in [0.15, 0.2) is 52.2 Å². The molecule has 2 aliphatic rings. The van der Waals surface area contributed by atoms with Crippen molar-refractivity contribution in [2.75, 3.05) is 19.6 Å². The smallest absolute Gasteiger partial charge is 0.348 e. The van der Waals surface area contributed by atoms with E-state index in [1.165, 1.54) is 36.7 Å². The molecule has 32 heavy (non-hydrogen) atoms. The maximum absolute atomic E-state index is 12.8. The van der Waals surface area contributed by atoms with Crippen molar-refractivity contribution in [2.45, 2.75) is 12.1 Å². The Morgan fingerprint density at radius 1 is 1.22 bits per heavy atom. The number of carbonyl (C=O) groups is 4. The number of hydrogen-bond acceptors (Lipinski definition) is 7. The molecule has 0 aliphatic carbocycles. The number of phenolic OH excluding ortho intramolecular Hbond substituents is 1. The predicted octanol–water partition coefficient (Wildman–Crippen LogP) is 0.122. The Kier molecular flexibility index (Phi) is 5.75. The van der Waals surface area contributed by atoms with Gasteiger partial charge in [0.05, 0.1) is 25.6 Å². The summed E-state index contributed by atoms with van der Waals surface area (Å²) in [7, 11) is 0. The highest BCUT2D eigenvalue weighted by atomic mass is 16.3. The van der Waals surface area contributed by atoms with E-state index < -0.39 is 30.1 Å². The van der Waals surface area contributed by atoms with Crippen molar-refractivity contribution in [2.24, 2.45) is 5.10 Å². The van der Waals surface area contributed by atoms with Gasteiger partial charge in [0.1, 0.15) is 23.6 Å². The predicted molar refractivity (Wildman–Crippen MR) is 109 cm³/mol. The minimum Gasteiger partial charge on any atom is -0.508 e. The number of imide groups is 1. The molecule has 0 spiro atoms. The van der Waals surface area contributed by atoms with E-state index in [1.807, 2.05) is 0 Å². The van der Waals surface area contributed by atoms with Gasteiger partial charge in [-0.1, -0.05) is 12.1 Å². The summed E-state index contributed by atoms with van der Waals surface area (Å²) in [6.45, 7) is 0.519. The number of rotatable bonds is 6. The van der Waals surface area contributed by atoms with Crippen LogP contribution in [0.4, 0.5) is 9.59 Å². The van der Waals surface area contributed by atoms with Gasteiger partial charge in [0.15, 0.2) is 0 Å². The van der Waals surface area contributed by atoms with Crippen molar-refractivity contribution in [1.29, 1.82) is 0 Å². The first kappa shape index (κ1) is 20.9. The third-order valence-electron chi connectivity index (χ3n) is 4.97. The van der Waals surface area contributed by atoms with Gasteiger partial charge in [-0.25, -0.2) is 19.5 Å². The van der Waals surface area contributed by atoms with E-state index >= 15 is 0 Å². The molecule has 2 unspecified atom stereocenters. The Labute approximate surface area is 181 Å². The van der Waals surface area contributed by atoms with Gasteiger partial charge in [-0.15, -0.1) is 0 Å². The van der Waals surface area contributed by atoms with Crippen LogP contribution in [0.1, 0.15) is 17.4 Å². The average molecular weight is 440 g/mol. The molecular formula is C20H20N6O6. The highest BCUT2D eigenvalue weighted by molar-refractivity contribution is 5.99. The Bertz CT molecular complexity index is 1050. The van der Waals surface area contributed by atoms with Crippen LogP contribution in [0.5, 0.6) is 5.75 Å². The van der Waals surface area contributed by atoms with Gasteiger partial charge in [-0.05, 0) is 29.8 Å². The lowest BCUT2D eigenvalue weighted by molar-refractivity contribution is -0.134. The molecule has 4 N–H and O–H groups in total. The lowest BCUT2D eigenvalue weighted by Crippen LogP contribution is -2.63. The van der Waals surface area contributed by atoms with Crippen molar-refractivity contribution >= 4 is 30.1 Å². The summed E-state index contributed by atoms with van der Waals surface area (Å²) in [5.74, 6) is -0.515. The molecule has 166 valence electrons. The molecule has 2 fully saturated rings. The normalized spacial score (nSPS) is 18.9. The molecule has 2 aromatic rings. The molecule has 2 saturated heterocycles. The molecule has 12 heteroatoms. The van der Waals surface area contributed by atoms with Gasteiger partial charge in [-0.3, -0.25) is 9.59 Å². The van der Waals surface area contributed by atoms with Crippen LogP contribution in [0.3, 0.4) is 0 Å². The van der Waals surface area contributed by atoms with Gasteiger partial charge in [-0.2, -0.15) is 5.10 Å². The zero-order chi connectivity index (χ0) is 22.7. The Morgan fingerprint density at radius 3 is 2.62 bits per heavy atom. The average Bonchev–Trinajstić information content (AvgIpc) is 3.43. The van der Waals surface area contributed by atoms with Crippen LogP contribution in [-0.2, 0) is 9.59 Å². The lowest BCUT2D eigenvalue weighted by Gasteiger charge is -2.29. The van der Waals surface area contributed by atoms with E-state index in [1.54, 1.807) is 12.1 Å². The number of nitrogens with zero attached hydrogens (tertiary/aromatic N) is 3. The number of phenols is 1. The second-order valence-electron chi connectivity index (χ2n) is 7.10. The Morgan fingerprint density at radius 2 is 2.00 bits per heavy atom. The quantitative estimate of drug-likeness (QED) is 0.369. The number of hydrazone groups is 1. The zero-order valence-corrected chi connectivity index (χ0v) is 16.7. The molecule has 2 atom stereocenters. The zero-order valence-electron chi connectivity index (χ0n) is 16.7. The monoisotopic (exact) mass is 440 g/mol. The standard InChI is InChI=1S/C20H20N6O6/c27-13-5-3-12(4-6-13)16(18(29)23-15-11-21-17(15)28)24-19(30)25-7-8-26(20(25)31)22-10-14-2-1-9-32-14/h1-6,9-10,15-16,27H,7-8,11H2,(H,21,28)(H,23,29)(H,24,30). The second kappa shape index (κ2) is 8.79. The van der Waals surface area contributed by atoms with Crippen LogP contribution in [-0.4, -0.2) is 70.8 Å². The first-order valence-electron chi connectivity index (χ1n) is 9.76. The molecule has 4 rings (SSSR count). The minimum atomic E-state index is -1.19. The number of benzene rings is 1. The van der Waals surface area contributed by atoms with E-state index in [4.69, 9.17) is 4.42 Å². The number of urea groups is 2.